The van der Waals surface area contributed by atoms with Crippen LogP contribution in [0.4, 0.5) is 0 Å². The van der Waals surface area contributed by atoms with E-state index in [1.54, 1.807) is 42.5 Å². The molecule has 9 nitrogen and oxygen atoms in total. The van der Waals surface area contributed by atoms with Crippen LogP contribution in [-0.4, -0.2) is 42.6 Å². The van der Waals surface area contributed by atoms with E-state index in [2.05, 4.69) is 11.9 Å². The first kappa shape index (κ1) is 31.1. The Morgan fingerprint density at radius 1 is 1.03 bits per heavy atom. The number of hydrogen-bond acceptors (Lipinski definition) is 6. The lowest BCUT2D eigenvalue weighted by atomic mass is 9.91. The van der Waals surface area contributed by atoms with Crippen LogP contribution in [0.5, 0.6) is 11.5 Å². The Bertz CT molecular complexity index is 1110. The van der Waals surface area contributed by atoms with Crippen molar-refractivity contribution in [3.8, 4) is 11.5 Å². The monoisotopic (exact) mass is 547 g/mol. The zero-order chi connectivity index (χ0) is 28.0. The number of nitrogens with zero attached hydrogens (tertiary/aromatic N) is 1. The molecule has 0 aliphatic rings. The number of phenolic OH excluding ortho intramolecular Hbond substituents is 1. The van der Waals surface area contributed by atoms with Crippen LogP contribution in [0.2, 0.25) is 0 Å². The average Bonchev–Trinajstić information content (AvgIpc) is 2.87. The second-order valence-electron chi connectivity index (χ2n) is 9.16. The number of ether oxygens (including phenoxy) is 2. The van der Waals surface area contributed by atoms with Crippen molar-refractivity contribution in [3.05, 3.63) is 71.8 Å². The van der Waals surface area contributed by atoms with Gasteiger partial charge in [-0.15, -0.1) is 0 Å². The van der Waals surface area contributed by atoms with Crippen molar-refractivity contribution in [2.75, 3.05) is 13.3 Å². The molecule has 2 aromatic rings. The number of unbranched alkanes of at least 4 members (excludes halogenated alkanes) is 2. The fourth-order valence-corrected chi connectivity index (χ4v) is 4.89. The van der Waals surface area contributed by atoms with Crippen molar-refractivity contribution in [3.63, 3.8) is 0 Å². The standard InChI is InChI=1S/C28H41N3O6S/c1-3-5-6-18-36-27(23-10-14-24(32)15-11-23)9-7-8-26(38(33,34)35)19-21(4-2)22-12-16-25(17-13-22)37-20-31-28(29)30/h7,9-17,21,26-27,32H,3-6,8,18-20H2,1-2H3,(H4,29,30,31)(H,33,34,35)/b9-7+/t21-,26-,27+/m0/s1. The number of aliphatic imine (C=N–C) groups is 1. The molecule has 0 saturated carbocycles. The van der Waals surface area contributed by atoms with Gasteiger partial charge < -0.3 is 26.0 Å². The molecule has 0 aromatic heterocycles. The zero-order valence-electron chi connectivity index (χ0n) is 22.2. The number of phenols is 1. The molecule has 0 unspecified atom stereocenters. The number of hydrogen-bond donors (Lipinski definition) is 4. The quantitative estimate of drug-likeness (QED) is 0.0705. The molecule has 0 saturated heterocycles. The summed E-state index contributed by atoms with van der Waals surface area (Å²) in [6, 6.07) is 14.1. The Morgan fingerprint density at radius 2 is 1.68 bits per heavy atom. The van der Waals surface area contributed by atoms with Gasteiger partial charge in [0.1, 0.15) is 17.6 Å². The summed E-state index contributed by atoms with van der Waals surface area (Å²) in [6.07, 6.45) is 7.33. The summed E-state index contributed by atoms with van der Waals surface area (Å²) in [4.78, 5) is 3.78. The minimum absolute atomic E-state index is 0.00348. The molecule has 2 aromatic carbocycles. The van der Waals surface area contributed by atoms with Gasteiger partial charge in [0.05, 0.1) is 5.25 Å². The molecule has 0 heterocycles. The summed E-state index contributed by atoms with van der Waals surface area (Å²) in [5, 5.41) is 8.65. The van der Waals surface area contributed by atoms with Crippen LogP contribution < -0.4 is 16.2 Å². The maximum absolute atomic E-state index is 12.3. The van der Waals surface area contributed by atoms with Crippen LogP contribution in [0.25, 0.3) is 0 Å². The van der Waals surface area contributed by atoms with E-state index in [9.17, 15) is 18.1 Å². The van der Waals surface area contributed by atoms with E-state index in [-0.39, 0.29) is 43.3 Å². The molecule has 10 heteroatoms. The van der Waals surface area contributed by atoms with Crippen molar-refractivity contribution < 1.29 is 27.6 Å². The molecule has 0 bridgehead atoms. The molecule has 0 amide bonds. The maximum Gasteiger partial charge on any atom is 0.268 e. The minimum Gasteiger partial charge on any atom is -0.508 e. The predicted molar refractivity (Wildman–Crippen MR) is 151 cm³/mol. The second-order valence-corrected chi connectivity index (χ2v) is 10.9. The van der Waals surface area contributed by atoms with E-state index < -0.39 is 15.4 Å². The third-order valence-electron chi connectivity index (χ3n) is 6.27. The van der Waals surface area contributed by atoms with Crippen LogP contribution in [0.15, 0.2) is 65.7 Å². The normalized spacial score (nSPS) is 14.2. The van der Waals surface area contributed by atoms with Gasteiger partial charge in [0, 0.05) is 6.61 Å². The summed E-state index contributed by atoms with van der Waals surface area (Å²) in [5.74, 6) is 0.602. The fraction of sp³-hybridized carbons (Fsp3) is 0.464. The average molecular weight is 548 g/mol. The highest BCUT2D eigenvalue weighted by Crippen LogP contribution is 2.30. The molecule has 2 rings (SSSR count). The number of benzene rings is 2. The lowest BCUT2D eigenvalue weighted by Crippen LogP contribution is -2.23. The van der Waals surface area contributed by atoms with Crippen LogP contribution in [0.3, 0.4) is 0 Å². The summed E-state index contributed by atoms with van der Waals surface area (Å²) < 4.78 is 46.1. The van der Waals surface area contributed by atoms with Crippen LogP contribution in [-0.2, 0) is 14.9 Å². The van der Waals surface area contributed by atoms with Crippen molar-refractivity contribution in [2.24, 2.45) is 16.5 Å². The molecular weight excluding hydrogens is 506 g/mol. The molecule has 210 valence electrons. The lowest BCUT2D eigenvalue weighted by molar-refractivity contribution is 0.0819. The van der Waals surface area contributed by atoms with Crippen LogP contribution in [0, 0.1) is 0 Å². The zero-order valence-corrected chi connectivity index (χ0v) is 23.0. The van der Waals surface area contributed by atoms with E-state index in [0.717, 1.165) is 30.4 Å². The van der Waals surface area contributed by atoms with E-state index in [0.29, 0.717) is 18.8 Å². The van der Waals surface area contributed by atoms with Gasteiger partial charge in [0.25, 0.3) is 10.1 Å². The highest BCUT2D eigenvalue weighted by atomic mass is 32.2. The molecule has 3 atom stereocenters. The summed E-state index contributed by atoms with van der Waals surface area (Å²) >= 11 is 0. The Hall–Kier alpha value is -3.08. The first-order valence-electron chi connectivity index (χ1n) is 13.0. The molecule has 0 spiro atoms. The third-order valence-corrected chi connectivity index (χ3v) is 7.50. The minimum atomic E-state index is -4.29. The van der Waals surface area contributed by atoms with Gasteiger partial charge in [-0.1, -0.05) is 63.1 Å². The van der Waals surface area contributed by atoms with Gasteiger partial charge >= 0.3 is 0 Å². The van der Waals surface area contributed by atoms with Gasteiger partial charge in [0.15, 0.2) is 12.7 Å². The smallest absolute Gasteiger partial charge is 0.268 e. The lowest BCUT2D eigenvalue weighted by Gasteiger charge is -2.21. The highest BCUT2D eigenvalue weighted by Gasteiger charge is 2.26. The van der Waals surface area contributed by atoms with E-state index in [1.807, 2.05) is 25.1 Å². The molecule has 38 heavy (non-hydrogen) atoms. The molecule has 0 fully saturated rings. The Balaban J connectivity index is 2.11. The molecular formula is C28H41N3O6S. The Labute approximate surface area is 226 Å². The van der Waals surface area contributed by atoms with E-state index in [1.165, 1.54) is 0 Å². The highest BCUT2D eigenvalue weighted by molar-refractivity contribution is 7.86. The fourth-order valence-electron chi connectivity index (χ4n) is 4.06. The summed E-state index contributed by atoms with van der Waals surface area (Å²) in [7, 11) is -4.29. The van der Waals surface area contributed by atoms with Crippen molar-refractivity contribution in [1.29, 1.82) is 0 Å². The molecule has 0 radical (unpaired) electrons. The largest absolute Gasteiger partial charge is 0.508 e. The number of aromatic hydroxyl groups is 1. The first-order chi connectivity index (χ1) is 18.1. The van der Waals surface area contributed by atoms with Gasteiger partial charge in [-0.3, -0.25) is 4.55 Å². The molecule has 0 aliphatic carbocycles. The molecule has 6 N–H and O–H groups in total. The number of rotatable bonds is 17. The van der Waals surface area contributed by atoms with E-state index in [4.69, 9.17) is 20.9 Å². The second kappa shape index (κ2) is 16.0. The van der Waals surface area contributed by atoms with Crippen LogP contribution in [0.1, 0.15) is 75.5 Å². The first-order valence-corrected chi connectivity index (χ1v) is 14.5. The van der Waals surface area contributed by atoms with Crippen LogP contribution >= 0.6 is 0 Å². The van der Waals surface area contributed by atoms with Crippen molar-refractivity contribution in [1.82, 2.24) is 0 Å². The Kier molecular flexibility index (Phi) is 13.1. The Morgan fingerprint density at radius 3 is 2.26 bits per heavy atom. The number of nitrogens with two attached hydrogens (primary N) is 2. The van der Waals surface area contributed by atoms with Gasteiger partial charge in [-0.05, 0) is 67.0 Å². The van der Waals surface area contributed by atoms with Crippen molar-refractivity contribution >= 4 is 16.1 Å². The van der Waals surface area contributed by atoms with Gasteiger partial charge in [-0.25, -0.2) is 4.99 Å². The summed E-state index contributed by atoms with van der Waals surface area (Å²) in [5.41, 5.74) is 12.4. The third kappa shape index (κ3) is 11.1. The maximum atomic E-state index is 12.3. The van der Waals surface area contributed by atoms with Crippen molar-refractivity contribution in [2.45, 2.75) is 69.6 Å². The number of allylic oxidation sites excluding steroid dienone is 1. The van der Waals surface area contributed by atoms with Gasteiger partial charge in [-0.2, -0.15) is 8.42 Å². The predicted octanol–water partition coefficient (Wildman–Crippen LogP) is 5.04. The topological polar surface area (TPSA) is 157 Å². The van der Waals surface area contributed by atoms with Gasteiger partial charge in [0.2, 0.25) is 0 Å². The van der Waals surface area contributed by atoms with E-state index >= 15 is 0 Å². The number of guanidine groups is 1. The summed E-state index contributed by atoms with van der Waals surface area (Å²) in [6.45, 7) is 4.67. The molecule has 0 aliphatic heterocycles. The SMILES string of the molecule is CCCCCO[C@H](/C=C/C[C@@H](C[C@H](CC)c1ccc(OCN=C(N)N)cc1)S(=O)(=O)O)c1ccc(O)cc1.